The highest BCUT2D eigenvalue weighted by atomic mass is 16.5. The van der Waals surface area contributed by atoms with Crippen LogP contribution in [0.4, 0.5) is 0 Å². The molecule has 2 N–H and O–H groups in total. The van der Waals surface area contributed by atoms with Crippen LogP contribution in [0.15, 0.2) is 0 Å². The SMILES string of the molecule is NC1(C(=O)N2CCN(C(=O)CN3CCOCC3)CC2)CCCC1. The van der Waals surface area contributed by atoms with E-state index < -0.39 is 5.54 Å². The van der Waals surface area contributed by atoms with Crippen LogP contribution >= 0.6 is 0 Å². The average Bonchev–Trinajstić information content (AvgIpc) is 3.03. The van der Waals surface area contributed by atoms with Crippen LogP contribution in [0, 0.1) is 0 Å². The predicted molar refractivity (Wildman–Crippen MR) is 85.8 cm³/mol. The fourth-order valence-corrected chi connectivity index (χ4v) is 3.74. The standard InChI is InChI=1S/C16H28N4O3/c17-16(3-1-2-4-16)15(22)20-7-5-19(6-8-20)14(21)13-18-9-11-23-12-10-18/h1-13,17H2. The van der Waals surface area contributed by atoms with Gasteiger partial charge in [-0.2, -0.15) is 0 Å². The third-order valence-electron chi connectivity index (χ3n) is 5.30. The Balaban J connectivity index is 1.46. The topological polar surface area (TPSA) is 79.1 Å². The van der Waals surface area contributed by atoms with Crippen molar-refractivity contribution in [2.45, 2.75) is 31.2 Å². The van der Waals surface area contributed by atoms with E-state index in [4.69, 9.17) is 10.5 Å². The third-order valence-corrected chi connectivity index (χ3v) is 5.30. The van der Waals surface area contributed by atoms with Crippen molar-refractivity contribution in [3.8, 4) is 0 Å². The van der Waals surface area contributed by atoms with E-state index in [1.807, 2.05) is 9.80 Å². The molecule has 23 heavy (non-hydrogen) atoms. The van der Waals surface area contributed by atoms with Gasteiger partial charge in [0.25, 0.3) is 0 Å². The molecule has 0 spiro atoms. The Labute approximate surface area is 137 Å². The number of carbonyl (C=O) groups is 2. The molecule has 0 bridgehead atoms. The fraction of sp³-hybridized carbons (Fsp3) is 0.875. The molecule has 7 heteroatoms. The maximum absolute atomic E-state index is 12.6. The first kappa shape index (κ1) is 16.7. The molecule has 0 atom stereocenters. The second-order valence-corrected chi connectivity index (χ2v) is 6.92. The zero-order valence-corrected chi connectivity index (χ0v) is 13.8. The highest BCUT2D eigenvalue weighted by Gasteiger charge is 2.40. The van der Waals surface area contributed by atoms with Crippen molar-refractivity contribution in [3.63, 3.8) is 0 Å². The van der Waals surface area contributed by atoms with Crippen LogP contribution in [0.5, 0.6) is 0 Å². The zero-order chi connectivity index (χ0) is 16.3. The van der Waals surface area contributed by atoms with Crippen LogP contribution in [0.25, 0.3) is 0 Å². The maximum atomic E-state index is 12.6. The Hall–Kier alpha value is -1.18. The summed E-state index contributed by atoms with van der Waals surface area (Å²) in [5.74, 6) is 0.234. The van der Waals surface area contributed by atoms with Gasteiger partial charge < -0.3 is 20.3 Å². The Morgan fingerprint density at radius 2 is 1.48 bits per heavy atom. The number of ether oxygens (including phenoxy) is 1. The molecule has 3 aliphatic rings. The summed E-state index contributed by atoms with van der Waals surface area (Å²) in [7, 11) is 0. The second-order valence-electron chi connectivity index (χ2n) is 6.92. The van der Waals surface area contributed by atoms with Crippen LogP contribution in [0.2, 0.25) is 0 Å². The molecule has 2 amide bonds. The van der Waals surface area contributed by atoms with Gasteiger partial charge >= 0.3 is 0 Å². The van der Waals surface area contributed by atoms with Gasteiger partial charge in [-0.1, -0.05) is 12.8 Å². The van der Waals surface area contributed by atoms with Gasteiger partial charge in [-0.05, 0) is 12.8 Å². The van der Waals surface area contributed by atoms with E-state index >= 15 is 0 Å². The van der Waals surface area contributed by atoms with Crippen molar-refractivity contribution in [2.75, 3.05) is 59.0 Å². The zero-order valence-electron chi connectivity index (χ0n) is 13.8. The van der Waals surface area contributed by atoms with Gasteiger partial charge in [-0.25, -0.2) is 0 Å². The summed E-state index contributed by atoms with van der Waals surface area (Å²) >= 11 is 0. The third kappa shape index (κ3) is 3.84. The first-order chi connectivity index (χ1) is 11.1. The molecule has 0 unspecified atom stereocenters. The van der Waals surface area contributed by atoms with Crippen LogP contribution in [-0.2, 0) is 14.3 Å². The van der Waals surface area contributed by atoms with Gasteiger partial charge in [-0.3, -0.25) is 14.5 Å². The van der Waals surface area contributed by atoms with Crippen molar-refractivity contribution in [2.24, 2.45) is 5.73 Å². The number of amides is 2. The number of morpholine rings is 1. The van der Waals surface area contributed by atoms with Crippen molar-refractivity contribution in [1.29, 1.82) is 0 Å². The summed E-state index contributed by atoms with van der Waals surface area (Å²) in [5, 5.41) is 0. The van der Waals surface area contributed by atoms with Crippen molar-refractivity contribution < 1.29 is 14.3 Å². The summed E-state index contributed by atoms with van der Waals surface area (Å²) in [5.41, 5.74) is 5.61. The Bertz CT molecular complexity index is 437. The summed E-state index contributed by atoms with van der Waals surface area (Å²) in [6.45, 7) is 5.94. The molecule has 2 saturated heterocycles. The summed E-state index contributed by atoms with van der Waals surface area (Å²) in [4.78, 5) is 30.8. The fourth-order valence-electron chi connectivity index (χ4n) is 3.74. The van der Waals surface area contributed by atoms with Crippen LogP contribution in [-0.4, -0.2) is 91.1 Å². The molecular formula is C16H28N4O3. The predicted octanol–water partition coefficient (Wildman–Crippen LogP) is -0.739. The molecule has 130 valence electrons. The highest BCUT2D eigenvalue weighted by Crippen LogP contribution is 2.29. The van der Waals surface area contributed by atoms with Gasteiger partial charge in [0.15, 0.2) is 0 Å². The lowest BCUT2D eigenvalue weighted by Gasteiger charge is -2.39. The number of nitrogens with two attached hydrogens (primary N) is 1. The number of carbonyl (C=O) groups excluding carboxylic acids is 2. The molecule has 3 fully saturated rings. The van der Waals surface area contributed by atoms with E-state index in [0.29, 0.717) is 45.9 Å². The first-order valence-electron chi connectivity index (χ1n) is 8.75. The molecule has 7 nitrogen and oxygen atoms in total. The lowest BCUT2D eigenvalue weighted by Crippen LogP contribution is -2.59. The van der Waals surface area contributed by atoms with Gasteiger partial charge in [0.05, 0.1) is 25.3 Å². The van der Waals surface area contributed by atoms with E-state index in [0.717, 1.165) is 38.8 Å². The number of piperazine rings is 1. The van der Waals surface area contributed by atoms with E-state index in [1.165, 1.54) is 0 Å². The number of hydrogen-bond acceptors (Lipinski definition) is 5. The van der Waals surface area contributed by atoms with E-state index in [2.05, 4.69) is 4.90 Å². The van der Waals surface area contributed by atoms with Gasteiger partial charge in [0.1, 0.15) is 0 Å². The first-order valence-corrected chi connectivity index (χ1v) is 8.75. The quantitative estimate of drug-likeness (QED) is 0.740. The molecule has 2 heterocycles. The Morgan fingerprint density at radius 1 is 0.913 bits per heavy atom. The molecule has 0 aromatic carbocycles. The number of hydrogen-bond donors (Lipinski definition) is 1. The maximum Gasteiger partial charge on any atom is 0.242 e. The molecule has 3 rings (SSSR count). The highest BCUT2D eigenvalue weighted by molar-refractivity contribution is 5.87. The molecule has 1 aliphatic carbocycles. The smallest absolute Gasteiger partial charge is 0.242 e. The Kier molecular flexibility index (Phi) is 5.18. The van der Waals surface area contributed by atoms with Crippen molar-refractivity contribution in [1.82, 2.24) is 14.7 Å². The van der Waals surface area contributed by atoms with Crippen molar-refractivity contribution in [3.05, 3.63) is 0 Å². The second kappa shape index (κ2) is 7.15. The molecular weight excluding hydrogens is 296 g/mol. The summed E-state index contributed by atoms with van der Waals surface area (Å²) < 4.78 is 5.30. The average molecular weight is 324 g/mol. The summed E-state index contributed by atoms with van der Waals surface area (Å²) in [6.07, 6.45) is 3.67. The lowest BCUT2D eigenvalue weighted by molar-refractivity contribution is -0.143. The van der Waals surface area contributed by atoms with E-state index in [1.54, 1.807) is 0 Å². The van der Waals surface area contributed by atoms with E-state index in [-0.39, 0.29) is 11.8 Å². The Morgan fingerprint density at radius 3 is 2.09 bits per heavy atom. The lowest BCUT2D eigenvalue weighted by atomic mass is 9.97. The number of nitrogens with zero attached hydrogens (tertiary/aromatic N) is 3. The van der Waals surface area contributed by atoms with Crippen LogP contribution < -0.4 is 5.73 Å². The molecule has 1 saturated carbocycles. The van der Waals surface area contributed by atoms with Crippen molar-refractivity contribution >= 4 is 11.8 Å². The summed E-state index contributed by atoms with van der Waals surface area (Å²) in [6, 6.07) is 0. The largest absolute Gasteiger partial charge is 0.379 e. The van der Waals surface area contributed by atoms with Gasteiger partial charge in [0.2, 0.25) is 11.8 Å². The van der Waals surface area contributed by atoms with Crippen LogP contribution in [0.1, 0.15) is 25.7 Å². The molecule has 0 aromatic heterocycles. The van der Waals surface area contributed by atoms with E-state index in [9.17, 15) is 9.59 Å². The normalized spacial score (nSPS) is 25.6. The van der Waals surface area contributed by atoms with Gasteiger partial charge in [0, 0.05) is 39.3 Å². The minimum Gasteiger partial charge on any atom is -0.379 e. The molecule has 0 radical (unpaired) electrons. The van der Waals surface area contributed by atoms with Crippen LogP contribution in [0.3, 0.4) is 0 Å². The minimum atomic E-state index is -0.653. The molecule has 0 aromatic rings. The minimum absolute atomic E-state index is 0.0790. The number of rotatable bonds is 3. The van der Waals surface area contributed by atoms with Gasteiger partial charge in [-0.15, -0.1) is 0 Å². The monoisotopic (exact) mass is 324 g/mol. The molecule has 2 aliphatic heterocycles.